The van der Waals surface area contributed by atoms with Crippen molar-refractivity contribution in [1.29, 1.82) is 0 Å². The first-order chi connectivity index (χ1) is 7.31. The highest BCUT2D eigenvalue weighted by atomic mass is 16.5. The molecule has 0 bridgehead atoms. The van der Waals surface area contributed by atoms with Gasteiger partial charge >= 0.3 is 5.63 Å². The Morgan fingerprint density at radius 2 is 1.93 bits per heavy atom. The van der Waals surface area contributed by atoms with E-state index in [0.717, 1.165) is 16.9 Å². The predicted molar refractivity (Wildman–Crippen MR) is 57.0 cm³/mol. The minimum atomic E-state index is -0.353. The van der Waals surface area contributed by atoms with Crippen molar-refractivity contribution in [2.24, 2.45) is 0 Å². The Kier molecular flexibility index (Phi) is 2.54. The van der Waals surface area contributed by atoms with E-state index in [0.29, 0.717) is 0 Å². The Morgan fingerprint density at radius 3 is 2.60 bits per heavy atom. The van der Waals surface area contributed by atoms with Gasteiger partial charge in [-0.1, -0.05) is 18.2 Å². The monoisotopic (exact) mass is 202 g/mol. The van der Waals surface area contributed by atoms with Gasteiger partial charge in [0.25, 0.3) is 0 Å². The Balaban J connectivity index is 2.53. The Bertz CT molecular complexity index is 494. The third kappa shape index (κ3) is 1.91. The minimum absolute atomic E-state index is 0.353. The number of para-hydroxylation sites is 1. The summed E-state index contributed by atoms with van der Waals surface area (Å²) in [5, 5.41) is 0. The van der Waals surface area contributed by atoms with E-state index in [-0.39, 0.29) is 5.63 Å². The number of rotatable bonds is 2. The Hall–Kier alpha value is -2.03. The van der Waals surface area contributed by atoms with Crippen LogP contribution in [0.5, 0.6) is 5.75 Å². The van der Waals surface area contributed by atoms with E-state index < -0.39 is 0 Å². The molecular formula is C12H10O3. The summed E-state index contributed by atoms with van der Waals surface area (Å²) in [6.07, 6.45) is 1.43. The van der Waals surface area contributed by atoms with Crippen LogP contribution >= 0.6 is 0 Å². The van der Waals surface area contributed by atoms with Crippen LogP contribution in [0, 0.1) is 0 Å². The van der Waals surface area contributed by atoms with E-state index in [2.05, 4.69) is 0 Å². The molecule has 3 heteroatoms. The van der Waals surface area contributed by atoms with Crippen molar-refractivity contribution in [3.8, 4) is 16.9 Å². The van der Waals surface area contributed by atoms with Crippen LogP contribution in [0.4, 0.5) is 0 Å². The molecule has 0 amide bonds. The molecule has 0 aliphatic rings. The first-order valence-corrected chi connectivity index (χ1v) is 4.53. The van der Waals surface area contributed by atoms with Gasteiger partial charge in [0.2, 0.25) is 0 Å². The molecule has 3 nitrogen and oxygen atoms in total. The van der Waals surface area contributed by atoms with Gasteiger partial charge in [0.1, 0.15) is 12.0 Å². The molecule has 0 aliphatic carbocycles. The van der Waals surface area contributed by atoms with Crippen LogP contribution in [0.2, 0.25) is 0 Å². The molecule has 0 spiro atoms. The maximum atomic E-state index is 10.8. The van der Waals surface area contributed by atoms with E-state index in [9.17, 15) is 4.79 Å². The second-order valence-electron chi connectivity index (χ2n) is 3.04. The zero-order valence-corrected chi connectivity index (χ0v) is 8.27. The Labute approximate surface area is 86.9 Å². The summed E-state index contributed by atoms with van der Waals surface area (Å²) in [4.78, 5) is 10.8. The lowest BCUT2D eigenvalue weighted by Crippen LogP contribution is -1.94. The molecule has 0 saturated heterocycles. The standard InChI is InChI=1S/C12H10O3/c1-14-11-5-3-2-4-10(11)9-6-7-12(13)15-8-9/h2-8H,1H3. The summed E-state index contributed by atoms with van der Waals surface area (Å²) in [5.74, 6) is 0.756. The number of hydrogen-bond acceptors (Lipinski definition) is 3. The van der Waals surface area contributed by atoms with E-state index in [4.69, 9.17) is 9.15 Å². The lowest BCUT2D eigenvalue weighted by atomic mass is 10.1. The second-order valence-corrected chi connectivity index (χ2v) is 3.04. The van der Waals surface area contributed by atoms with Crippen molar-refractivity contribution in [2.45, 2.75) is 0 Å². The molecule has 0 N–H and O–H groups in total. The molecule has 0 unspecified atom stereocenters. The third-order valence-electron chi connectivity index (χ3n) is 2.12. The van der Waals surface area contributed by atoms with E-state index in [1.54, 1.807) is 13.2 Å². The molecule has 0 fully saturated rings. The molecule has 0 radical (unpaired) electrons. The van der Waals surface area contributed by atoms with Gasteiger partial charge in [-0.05, 0) is 12.1 Å². The normalized spacial score (nSPS) is 9.93. The van der Waals surface area contributed by atoms with Gasteiger partial charge in [-0.25, -0.2) is 4.79 Å². The molecule has 1 heterocycles. The zero-order chi connectivity index (χ0) is 10.7. The van der Waals surface area contributed by atoms with Crippen molar-refractivity contribution < 1.29 is 9.15 Å². The van der Waals surface area contributed by atoms with Gasteiger partial charge in [-0.2, -0.15) is 0 Å². The molecular weight excluding hydrogens is 192 g/mol. The van der Waals surface area contributed by atoms with Gasteiger partial charge < -0.3 is 9.15 Å². The fraction of sp³-hybridized carbons (Fsp3) is 0.0833. The molecule has 1 aromatic heterocycles. The fourth-order valence-electron chi connectivity index (χ4n) is 1.39. The van der Waals surface area contributed by atoms with Gasteiger partial charge in [-0.15, -0.1) is 0 Å². The average Bonchev–Trinajstić information content (AvgIpc) is 2.30. The number of ether oxygens (including phenoxy) is 1. The van der Waals surface area contributed by atoms with E-state index >= 15 is 0 Å². The van der Waals surface area contributed by atoms with Crippen molar-refractivity contribution in [1.82, 2.24) is 0 Å². The summed E-state index contributed by atoms with van der Waals surface area (Å²) >= 11 is 0. The molecule has 2 rings (SSSR count). The van der Waals surface area contributed by atoms with Crippen LogP contribution in [0.3, 0.4) is 0 Å². The van der Waals surface area contributed by atoms with Crippen LogP contribution in [0.1, 0.15) is 0 Å². The van der Waals surface area contributed by atoms with Crippen LogP contribution in [0.25, 0.3) is 11.1 Å². The molecule has 15 heavy (non-hydrogen) atoms. The molecule has 0 aliphatic heterocycles. The smallest absolute Gasteiger partial charge is 0.335 e. The molecule has 76 valence electrons. The number of benzene rings is 1. The number of hydrogen-bond donors (Lipinski definition) is 0. The van der Waals surface area contributed by atoms with Gasteiger partial charge in [0.15, 0.2) is 0 Å². The highest BCUT2D eigenvalue weighted by Crippen LogP contribution is 2.28. The maximum absolute atomic E-state index is 10.8. The molecule has 0 saturated carbocycles. The van der Waals surface area contributed by atoms with Gasteiger partial charge in [0, 0.05) is 17.2 Å². The van der Waals surface area contributed by atoms with Crippen molar-refractivity contribution >= 4 is 0 Å². The molecule has 0 atom stereocenters. The summed E-state index contributed by atoms with van der Waals surface area (Å²) in [6, 6.07) is 10.7. The van der Waals surface area contributed by atoms with Crippen LogP contribution in [-0.2, 0) is 0 Å². The van der Waals surface area contributed by atoms with Crippen LogP contribution in [-0.4, -0.2) is 7.11 Å². The highest BCUT2D eigenvalue weighted by molar-refractivity contribution is 5.69. The largest absolute Gasteiger partial charge is 0.496 e. The van der Waals surface area contributed by atoms with Gasteiger partial charge in [-0.3, -0.25) is 0 Å². The quantitative estimate of drug-likeness (QED) is 0.750. The van der Waals surface area contributed by atoms with E-state index in [1.165, 1.54) is 12.3 Å². The highest BCUT2D eigenvalue weighted by Gasteiger charge is 2.04. The number of methoxy groups -OCH3 is 1. The van der Waals surface area contributed by atoms with Crippen molar-refractivity contribution in [3.05, 3.63) is 53.1 Å². The summed E-state index contributed by atoms with van der Waals surface area (Å²) in [6.45, 7) is 0. The maximum Gasteiger partial charge on any atom is 0.335 e. The van der Waals surface area contributed by atoms with Crippen LogP contribution < -0.4 is 10.4 Å². The van der Waals surface area contributed by atoms with E-state index in [1.807, 2.05) is 24.3 Å². The third-order valence-corrected chi connectivity index (χ3v) is 2.12. The summed E-state index contributed by atoms with van der Waals surface area (Å²) in [5.41, 5.74) is 1.38. The second kappa shape index (κ2) is 4.00. The minimum Gasteiger partial charge on any atom is -0.496 e. The SMILES string of the molecule is COc1ccccc1-c1ccc(=O)oc1. The first-order valence-electron chi connectivity index (χ1n) is 4.53. The summed E-state index contributed by atoms with van der Waals surface area (Å²) in [7, 11) is 1.61. The first kappa shape index (κ1) is 9.52. The Morgan fingerprint density at radius 1 is 1.13 bits per heavy atom. The molecule has 1 aromatic carbocycles. The topological polar surface area (TPSA) is 39.4 Å². The van der Waals surface area contributed by atoms with Crippen LogP contribution in [0.15, 0.2) is 51.9 Å². The lowest BCUT2D eigenvalue weighted by Gasteiger charge is -2.06. The lowest BCUT2D eigenvalue weighted by molar-refractivity contribution is 0.416. The zero-order valence-electron chi connectivity index (χ0n) is 8.27. The van der Waals surface area contributed by atoms with Crippen molar-refractivity contribution in [3.63, 3.8) is 0 Å². The summed E-state index contributed by atoms with van der Waals surface area (Å²) < 4.78 is 10.0. The predicted octanol–water partition coefficient (Wildman–Crippen LogP) is 2.32. The van der Waals surface area contributed by atoms with Gasteiger partial charge in [0.05, 0.1) is 7.11 Å². The average molecular weight is 202 g/mol. The molecule has 2 aromatic rings. The fourth-order valence-corrected chi connectivity index (χ4v) is 1.39. The van der Waals surface area contributed by atoms with Crippen molar-refractivity contribution in [2.75, 3.05) is 7.11 Å².